The molecule has 2 rings (SSSR count). The maximum absolute atomic E-state index is 11.9. The Morgan fingerprint density at radius 1 is 1.04 bits per heavy atom. The first-order valence-electron chi connectivity index (χ1n) is 8.74. The van der Waals surface area contributed by atoms with Crippen LogP contribution in [0, 0.1) is 0 Å². The van der Waals surface area contributed by atoms with Crippen molar-refractivity contribution in [2.75, 3.05) is 11.9 Å². The van der Waals surface area contributed by atoms with E-state index in [-0.39, 0.29) is 5.41 Å². The largest absolute Gasteiger partial charge is 0.348 e. The van der Waals surface area contributed by atoms with Gasteiger partial charge in [-0.2, -0.15) is 0 Å². The SMILES string of the molecule is CC(C)(C)c1ccc(NC(=O)C(=O)NCCC2=CCCCC2)cc1. The zero-order valence-corrected chi connectivity index (χ0v) is 14.9. The van der Waals surface area contributed by atoms with Crippen molar-refractivity contribution in [3.8, 4) is 0 Å². The van der Waals surface area contributed by atoms with Crippen molar-refractivity contribution in [3.05, 3.63) is 41.5 Å². The summed E-state index contributed by atoms with van der Waals surface area (Å²) >= 11 is 0. The molecule has 0 heterocycles. The smallest absolute Gasteiger partial charge is 0.313 e. The van der Waals surface area contributed by atoms with E-state index in [1.807, 2.05) is 24.3 Å². The second-order valence-corrected chi connectivity index (χ2v) is 7.40. The van der Waals surface area contributed by atoms with Crippen LogP contribution in [-0.4, -0.2) is 18.4 Å². The highest BCUT2D eigenvalue weighted by Gasteiger charge is 2.16. The Balaban J connectivity index is 1.78. The first-order valence-corrected chi connectivity index (χ1v) is 8.74. The number of allylic oxidation sites excluding steroid dienone is 1. The van der Waals surface area contributed by atoms with Crippen molar-refractivity contribution in [2.24, 2.45) is 0 Å². The van der Waals surface area contributed by atoms with Gasteiger partial charge >= 0.3 is 11.8 Å². The number of carbonyl (C=O) groups excluding carboxylic acids is 2. The summed E-state index contributed by atoms with van der Waals surface area (Å²) in [5.74, 6) is -1.19. The van der Waals surface area contributed by atoms with Gasteiger partial charge in [0.05, 0.1) is 0 Å². The van der Waals surface area contributed by atoms with Gasteiger partial charge in [0, 0.05) is 12.2 Å². The van der Waals surface area contributed by atoms with Crippen LogP contribution < -0.4 is 10.6 Å². The van der Waals surface area contributed by atoms with Gasteiger partial charge in [0.15, 0.2) is 0 Å². The third kappa shape index (κ3) is 5.52. The monoisotopic (exact) mass is 328 g/mol. The molecule has 1 aliphatic carbocycles. The van der Waals surface area contributed by atoms with Crippen LogP contribution >= 0.6 is 0 Å². The van der Waals surface area contributed by atoms with Gasteiger partial charge in [0.1, 0.15) is 0 Å². The average molecular weight is 328 g/mol. The van der Waals surface area contributed by atoms with Gasteiger partial charge in [-0.15, -0.1) is 0 Å². The quantitative estimate of drug-likeness (QED) is 0.650. The Morgan fingerprint density at radius 3 is 2.33 bits per heavy atom. The van der Waals surface area contributed by atoms with Crippen molar-refractivity contribution in [2.45, 2.75) is 58.3 Å². The number of benzene rings is 1. The van der Waals surface area contributed by atoms with Crippen LogP contribution in [0.25, 0.3) is 0 Å². The van der Waals surface area contributed by atoms with E-state index in [2.05, 4.69) is 37.5 Å². The predicted molar refractivity (Wildman–Crippen MR) is 97.9 cm³/mol. The molecular weight excluding hydrogens is 300 g/mol. The summed E-state index contributed by atoms with van der Waals surface area (Å²) in [7, 11) is 0. The van der Waals surface area contributed by atoms with Crippen LogP contribution in [0.5, 0.6) is 0 Å². The Labute approximate surface area is 144 Å². The third-order valence-corrected chi connectivity index (χ3v) is 4.33. The van der Waals surface area contributed by atoms with Gasteiger partial charge in [-0.05, 0) is 55.2 Å². The third-order valence-electron chi connectivity index (χ3n) is 4.33. The topological polar surface area (TPSA) is 58.2 Å². The normalized spacial score (nSPS) is 14.7. The highest BCUT2D eigenvalue weighted by atomic mass is 16.2. The van der Waals surface area contributed by atoms with Crippen LogP contribution in [0.15, 0.2) is 35.9 Å². The van der Waals surface area contributed by atoms with E-state index in [0.29, 0.717) is 12.2 Å². The molecule has 0 aliphatic heterocycles. The molecule has 24 heavy (non-hydrogen) atoms. The molecule has 2 amide bonds. The Hall–Kier alpha value is -2.10. The molecular formula is C20H28N2O2. The minimum atomic E-state index is -0.615. The van der Waals surface area contributed by atoms with Gasteiger partial charge in [-0.3, -0.25) is 9.59 Å². The summed E-state index contributed by atoms with van der Waals surface area (Å²) < 4.78 is 0. The highest BCUT2D eigenvalue weighted by molar-refractivity contribution is 6.39. The molecule has 0 saturated carbocycles. The number of anilines is 1. The second kappa shape index (κ2) is 8.13. The number of carbonyl (C=O) groups is 2. The van der Waals surface area contributed by atoms with Gasteiger partial charge in [-0.25, -0.2) is 0 Å². The fourth-order valence-corrected chi connectivity index (χ4v) is 2.79. The molecule has 0 atom stereocenters. The number of hydrogen-bond acceptors (Lipinski definition) is 2. The molecule has 4 nitrogen and oxygen atoms in total. The lowest BCUT2D eigenvalue weighted by Crippen LogP contribution is -2.36. The maximum atomic E-state index is 11.9. The summed E-state index contributed by atoms with van der Waals surface area (Å²) in [5, 5.41) is 5.34. The van der Waals surface area contributed by atoms with Crippen LogP contribution in [-0.2, 0) is 15.0 Å². The van der Waals surface area contributed by atoms with E-state index in [9.17, 15) is 9.59 Å². The second-order valence-electron chi connectivity index (χ2n) is 7.40. The van der Waals surface area contributed by atoms with E-state index in [1.54, 1.807) is 0 Å². The van der Waals surface area contributed by atoms with Crippen LogP contribution in [0.3, 0.4) is 0 Å². The lowest BCUT2D eigenvalue weighted by atomic mass is 9.87. The zero-order chi connectivity index (χ0) is 17.6. The molecule has 0 bridgehead atoms. The number of rotatable bonds is 4. The van der Waals surface area contributed by atoms with Crippen molar-refractivity contribution in [3.63, 3.8) is 0 Å². The standard InChI is InChI=1S/C20H28N2O2/c1-20(2,3)16-9-11-17(12-10-16)22-19(24)18(23)21-14-13-15-7-5-4-6-8-15/h7,9-12H,4-6,8,13-14H2,1-3H3,(H,21,23)(H,22,24). The lowest BCUT2D eigenvalue weighted by Gasteiger charge is -2.19. The van der Waals surface area contributed by atoms with E-state index < -0.39 is 11.8 Å². The first kappa shape index (κ1) is 18.2. The molecule has 0 aromatic heterocycles. The molecule has 0 saturated heterocycles. The van der Waals surface area contributed by atoms with E-state index in [4.69, 9.17) is 0 Å². The molecule has 0 spiro atoms. The molecule has 4 heteroatoms. The molecule has 130 valence electrons. The number of amides is 2. The van der Waals surface area contributed by atoms with E-state index in [1.165, 1.54) is 24.0 Å². The summed E-state index contributed by atoms with van der Waals surface area (Å²) in [6.45, 7) is 6.92. The molecule has 0 fully saturated rings. The molecule has 1 aromatic carbocycles. The van der Waals surface area contributed by atoms with Crippen molar-refractivity contribution < 1.29 is 9.59 Å². The average Bonchev–Trinajstić information content (AvgIpc) is 2.55. The van der Waals surface area contributed by atoms with Crippen LogP contribution in [0.4, 0.5) is 5.69 Å². The van der Waals surface area contributed by atoms with E-state index in [0.717, 1.165) is 19.3 Å². The molecule has 0 radical (unpaired) electrons. The summed E-state index contributed by atoms with van der Waals surface area (Å²) in [4.78, 5) is 23.8. The zero-order valence-electron chi connectivity index (χ0n) is 14.9. The van der Waals surface area contributed by atoms with Gasteiger partial charge in [0.25, 0.3) is 0 Å². The van der Waals surface area contributed by atoms with Gasteiger partial charge < -0.3 is 10.6 Å². The van der Waals surface area contributed by atoms with Crippen molar-refractivity contribution >= 4 is 17.5 Å². The Bertz CT molecular complexity index is 610. The highest BCUT2D eigenvalue weighted by Crippen LogP contribution is 2.23. The van der Waals surface area contributed by atoms with Crippen molar-refractivity contribution in [1.82, 2.24) is 5.32 Å². The summed E-state index contributed by atoms with van der Waals surface area (Å²) in [6, 6.07) is 7.61. The minimum absolute atomic E-state index is 0.0632. The molecule has 0 unspecified atom stereocenters. The molecule has 1 aliphatic rings. The summed E-state index contributed by atoms with van der Waals surface area (Å²) in [5.41, 5.74) is 3.27. The Kier molecular flexibility index (Phi) is 6.18. The van der Waals surface area contributed by atoms with Crippen LogP contribution in [0.1, 0.15) is 58.4 Å². The molecule has 1 aromatic rings. The van der Waals surface area contributed by atoms with E-state index >= 15 is 0 Å². The summed E-state index contributed by atoms with van der Waals surface area (Å²) in [6.07, 6.45) is 7.82. The Morgan fingerprint density at radius 2 is 1.75 bits per heavy atom. The maximum Gasteiger partial charge on any atom is 0.313 e. The van der Waals surface area contributed by atoms with Crippen LogP contribution in [0.2, 0.25) is 0 Å². The number of nitrogens with one attached hydrogen (secondary N) is 2. The lowest BCUT2D eigenvalue weighted by molar-refractivity contribution is -0.136. The fourth-order valence-electron chi connectivity index (χ4n) is 2.79. The van der Waals surface area contributed by atoms with Gasteiger partial charge in [0.2, 0.25) is 0 Å². The molecule has 2 N–H and O–H groups in total. The minimum Gasteiger partial charge on any atom is -0.348 e. The first-order chi connectivity index (χ1) is 11.4. The number of hydrogen-bond donors (Lipinski definition) is 2. The predicted octanol–water partition coefficient (Wildman–Crippen LogP) is 3.93. The fraction of sp³-hybridized carbons (Fsp3) is 0.500. The van der Waals surface area contributed by atoms with Crippen molar-refractivity contribution in [1.29, 1.82) is 0 Å². The van der Waals surface area contributed by atoms with Gasteiger partial charge in [-0.1, -0.05) is 44.6 Å².